The van der Waals surface area contributed by atoms with Crippen molar-refractivity contribution < 1.29 is 14.3 Å². The minimum Gasteiger partial charge on any atom is -0.452 e. The zero-order valence-corrected chi connectivity index (χ0v) is 12.7. The number of hydrogen-bond donors (Lipinski definition) is 0. The van der Waals surface area contributed by atoms with Crippen LogP contribution in [0.25, 0.3) is 0 Å². The smallest absolute Gasteiger partial charge is 0.403 e. The molecule has 2 atom stereocenters. The van der Waals surface area contributed by atoms with Gasteiger partial charge in [0.05, 0.1) is 12.7 Å². The molecular weight excluding hydrogens is 301 g/mol. The van der Waals surface area contributed by atoms with Gasteiger partial charge < -0.3 is 9.47 Å². The van der Waals surface area contributed by atoms with Gasteiger partial charge in [-0.1, -0.05) is 23.7 Å². The van der Waals surface area contributed by atoms with Crippen LogP contribution in [0.3, 0.4) is 0 Å². The minimum atomic E-state index is -0.766. The molecule has 6 heteroatoms. The van der Waals surface area contributed by atoms with Crippen molar-refractivity contribution in [1.29, 1.82) is 0 Å². The predicted molar refractivity (Wildman–Crippen MR) is 78.4 cm³/mol. The van der Waals surface area contributed by atoms with Crippen molar-refractivity contribution in [3.63, 3.8) is 0 Å². The standard InChI is InChI=1S/C14H17Cl2NO3/c1-10-13(11-3-2-4-12(15)9-11)19-7-5-17(10)6-8-20-14(16)18/h2-4,9-10,13H,5-8H2,1H3. The van der Waals surface area contributed by atoms with E-state index in [2.05, 4.69) is 11.8 Å². The van der Waals surface area contributed by atoms with E-state index in [-0.39, 0.29) is 18.8 Å². The fraction of sp³-hybridized carbons (Fsp3) is 0.500. The number of hydrogen-bond acceptors (Lipinski definition) is 4. The van der Waals surface area contributed by atoms with E-state index in [9.17, 15) is 4.79 Å². The third kappa shape index (κ3) is 4.09. The first-order valence-electron chi connectivity index (χ1n) is 6.51. The Morgan fingerprint density at radius 1 is 1.55 bits per heavy atom. The summed E-state index contributed by atoms with van der Waals surface area (Å²) in [6.07, 6.45) is -0.0332. The molecule has 0 saturated carbocycles. The molecule has 1 aliphatic rings. The van der Waals surface area contributed by atoms with Crippen molar-refractivity contribution >= 4 is 28.6 Å². The van der Waals surface area contributed by atoms with Gasteiger partial charge in [0.2, 0.25) is 0 Å². The Morgan fingerprint density at radius 3 is 3.05 bits per heavy atom. The lowest BCUT2D eigenvalue weighted by molar-refractivity contribution is -0.0703. The van der Waals surface area contributed by atoms with Crippen molar-refractivity contribution in [1.82, 2.24) is 4.90 Å². The van der Waals surface area contributed by atoms with Gasteiger partial charge in [0.25, 0.3) is 0 Å². The number of ether oxygens (including phenoxy) is 2. The number of morpholine rings is 1. The molecule has 1 fully saturated rings. The molecule has 0 aliphatic carbocycles. The Bertz CT molecular complexity index is 469. The van der Waals surface area contributed by atoms with E-state index in [1.165, 1.54) is 0 Å². The average Bonchev–Trinajstić information content (AvgIpc) is 2.40. The summed E-state index contributed by atoms with van der Waals surface area (Å²) < 4.78 is 10.6. The molecule has 0 radical (unpaired) electrons. The highest BCUT2D eigenvalue weighted by atomic mass is 35.5. The number of benzene rings is 1. The highest BCUT2D eigenvalue weighted by Crippen LogP contribution is 2.29. The number of carbonyl (C=O) groups excluding carboxylic acids is 1. The fourth-order valence-corrected chi connectivity index (χ4v) is 2.72. The largest absolute Gasteiger partial charge is 0.452 e. The summed E-state index contributed by atoms with van der Waals surface area (Å²) >= 11 is 11.2. The molecule has 1 aliphatic heterocycles. The van der Waals surface area contributed by atoms with Crippen LogP contribution < -0.4 is 0 Å². The summed E-state index contributed by atoms with van der Waals surface area (Å²) in [6.45, 7) is 4.46. The molecule has 4 nitrogen and oxygen atoms in total. The van der Waals surface area contributed by atoms with E-state index in [4.69, 9.17) is 32.7 Å². The van der Waals surface area contributed by atoms with Gasteiger partial charge in [0, 0.05) is 35.8 Å². The van der Waals surface area contributed by atoms with Crippen LogP contribution in [-0.2, 0) is 9.47 Å². The number of halogens is 2. The maximum absolute atomic E-state index is 10.6. The van der Waals surface area contributed by atoms with Crippen molar-refractivity contribution in [2.24, 2.45) is 0 Å². The van der Waals surface area contributed by atoms with E-state index in [1.54, 1.807) is 0 Å². The minimum absolute atomic E-state index is 0.0332. The highest BCUT2D eigenvalue weighted by Gasteiger charge is 2.29. The Balaban J connectivity index is 1.99. The lowest BCUT2D eigenvalue weighted by atomic mass is 10.0. The summed E-state index contributed by atoms with van der Waals surface area (Å²) in [5.41, 5.74) is 0.293. The number of rotatable bonds is 4. The fourth-order valence-electron chi connectivity index (χ4n) is 2.45. The number of nitrogens with zero attached hydrogens (tertiary/aromatic N) is 1. The zero-order valence-electron chi connectivity index (χ0n) is 11.2. The van der Waals surface area contributed by atoms with Crippen molar-refractivity contribution in [2.45, 2.75) is 19.1 Å². The molecule has 1 heterocycles. The topological polar surface area (TPSA) is 38.8 Å². The normalized spacial score (nSPS) is 23.6. The van der Waals surface area contributed by atoms with Gasteiger partial charge >= 0.3 is 5.43 Å². The molecule has 20 heavy (non-hydrogen) atoms. The van der Waals surface area contributed by atoms with Crippen LogP contribution >= 0.6 is 23.2 Å². The van der Waals surface area contributed by atoms with Gasteiger partial charge in [-0.2, -0.15) is 0 Å². The summed E-state index contributed by atoms with van der Waals surface area (Å²) in [4.78, 5) is 12.8. The zero-order chi connectivity index (χ0) is 14.5. The average molecular weight is 318 g/mol. The lowest BCUT2D eigenvalue weighted by Crippen LogP contribution is -2.46. The monoisotopic (exact) mass is 317 g/mol. The first kappa shape index (κ1) is 15.6. The maximum atomic E-state index is 10.6. The van der Waals surface area contributed by atoms with Crippen LogP contribution in [0.2, 0.25) is 5.02 Å². The van der Waals surface area contributed by atoms with Gasteiger partial charge in [-0.25, -0.2) is 4.79 Å². The SMILES string of the molecule is CC1C(c2cccc(Cl)c2)OCCN1CCOC(=O)Cl. The lowest BCUT2D eigenvalue weighted by Gasteiger charge is -2.39. The van der Waals surface area contributed by atoms with Crippen molar-refractivity contribution in [3.05, 3.63) is 34.9 Å². The summed E-state index contributed by atoms with van der Waals surface area (Å²) in [5.74, 6) is 0. The Labute approximate surface area is 128 Å². The third-order valence-corrected chi connectivity index (χ3v) is 3.81. The molecule has 2 unspecified atom stereocenters. The van der Waals surface area contributed by atoms with Crippen LogP contribution in [0.5, 0.6) is 0 Å². The van der Waals surface area contributed by atoms with Gasteiger partial charge in [-0.15, -0.1) is 0 Å². The van der Waals surface area contributed by atoms with Gasteiger partial charge in [-0.3, -0.25) is 4.90 Å². The van der Waals surface area contributed by atoms with Crippen molar-refractivity contribution in [3.8, 4) is 0 Å². The summed E-state index contributed by atoms with van der Waals surface area (Å²) in [7, 11) is 0. The maximum Gasteiger partial charge on any atom is 0.403 e. The second-order valence-corrected chi connectivity index (χ2v) is 5.45. The molecule has 0 N–H and O–H groups in total. The predicted octanol–water partition coefficient (Wildman–Crippen LogP) is 3.48. The third-order valence-electron chi connectivity index (χ3n) is 3.46. The Morgan fingerprint density at radius 2 is 2.35 bits per heavy atom. The van der Waals surface area contributed by atoms with Crippen LogP contribution in [0.15, 0.2) is 24.3 Å². The number of carbonyl (C=O) groups is 1. The second-order valence-electron chi connectivity index (χ2n) is 4.71. The Kier molecular flexibility index (Phi) is 5.66. The molecule has 2 rings (SSSR count). The van der Waals surface area contributed by atoms with Crippen LogP contribution in [0.1, 0.15) is 18.6 Å². The Hall–Kier alpha value is -0.810. The second kappa shape index (κ2) is 7.27. The van der Waals surface area contributed by atoms with Gasteiger partial charge in [0.15, 0.2) is 0 Å². The summed E-state index contributed by atoms with van der Waals surface area (Å²) in [6, 6.07) is 7.87. The molecule has 0 bridgehead atoms. The van der Waals surface area contributed by atoms with Crippen molar-refractivity contribution in [2.75, 3.05) is 26.3 Å². The van der Waals surface area contributed by atoms with Gasteiger partial charge in [-0.05, 0) is 24.6 Å². The molecule has 0 aromatic heterocycles. The molecule has 1 aromatic carbocycles. The van der Waals surface area contributed by atoms with E-state index in [1.807, 2.05) is 24.3 Å². The van der Waals surface area contributed by atoms with Crippen LogP contribution in [0.4, 0.5) is 4.79 Å². The molecule has 0 amide bonds. The van der Waals surface area contributed by atoms with E-state index in [0.717, 1.165) is 12.1 Å². The highest BCUT2D eigenvalue weighted by molar-refractivity contribution is 6.61. The van der Waals surface area contributed by atoms with E-state index < -0.39 is 5.43 Å². The van der Waals surface area contributed by atoms with Crippen LogP contribution in [-0.4, -0.2) is 42.7 Å². The molecular formula is C14H17Cl2NO3. The van der Waals surface area contributed by atoms with E-state index >= 15 is 0 Å². The molecule has 0 spiro atoms. The molecule has 1 aromatic rings. The quantitative estimate of drug-likeness (QED) is 0.797. The van der Waals surface area contributed by atoms with Crippen LogP contribution in [0, 0.1) is 0 Å². The molecule has 1 saturated heterocycles. The van der Waals surface area contributed by atoms with E-state index in [0.29, 0.717) is 18.2 Å². The summed E-state index contributed by atoms with van der Waals surface area (Å²) in [5, 5.41) is 0.700. The van der Waals surface area contributed by atoms with Gasteiger partial charge in [0.1, 0.15) is 6.61 Å². The first-order valence-corrected chi connectivity index (χ1v) is 7.27. The first-order chi connectivity index (χ1) is 9.58. The molecule has 110 valence electrons.